The average Bonchev–Trinajstić information content (AvgIpc) is 3.45. The molecule has 2 heterocycles. The van der Waals surface area contributed by atoms with Gasteiger partial charge in [-0.3, -0.25) is 9.79 Å². The van der Waals surface area contributed by atoms with E-state index in [-0.39, 0.29) is 23.0 Å². The van der Waals surface area contributed by atoms with Gasteiger partial charge in [0.2, 0.25) is 0 Å². The Morgan fingerprint density at radius 3 is 2.10 bits per heavy atom. The Bertz CT molecular complexity index is 1800. The van der Waals surface area contributed by atoms with Gasteiger partial charge in [0, 0.05) is 40.1 Å². The van der Waals surface area contributed by atoms with E-state index in [9.17, 15) is 9.90 Å². The van der Waals surface area contributed by atoms with Crippen molar-refractivity contribution >= 4 is 28.4 Å². The minimum Gasteiger partial charge on any atom is -0.507 e. The van der Waals surface area contributed by atoms with Gasteiger partial charge >= 0.3 is 0 Å². The molecule has 0 spiro atoms. The van der Waals surface area contributed by atoms with Crippen molar-refractivity contribution in [3.63, 3.8) is 0 Å². The summed E-state index contributed by atoms with van der Waals surface area (Å²) in [7, 11) is 0. The number of ketones is 1. The number of aliphatic hydroxyl groups excluding tert-OH is 1. The maximum Gasteiger partial charge on any atom is 0.197 e. The fourth-order valence-corrected chi connectivity index (χ4v) is 6.92. The van der Waals surface area contributed by atoms with Crippen molar-refractivity contribution in [3.8, 4) is 0 Å². The number of allylic oxidation sites excluding steroid dienone is 2. The second kappa shape index (κ2) is 9.17. The highest BCUT2D eigenvalue weighted by Crippen LogP contribution is 2.51. The van der Waals surface area contributed by atoms with Gasteiger partial charge in [0.1, 0.15) is 5.76 Å². The smallest absolute Gasteiger partial charge is 0.197 e. The molecule has 2 unspecified atom stereocenters. The minimum atomic E-state index is -0.425. The van der Waals surface area contributed by atoms with Crippen molar-refractivity contribution in [1.29, 1.82) is 0 Å². The average molecular weight is 537 g/mol. The van der Waals surface area contributed by atoms with Crippen LogP contribution >= 0.6 is 0 Å². The topological polar surface area (TPSA) is 61.7 Å². The molecule has 3 aliphatic rings. The van der Waals surface area contributed by atoms with Crippen molar-refractivity contribution in [1.82, 2.24) is 0 Å². The number of hydrogen-bond acceptors (Lipinski definition) is 4. The van der Waals surface area contributed by atoms with Gasteiger partial charge < -0.3 is 10.4 Å². The molecule has 41 heavy (non-hydrogen) atoms. The van der Waals surface area contributed by atoms with Crippen molar-refractivity contribution in [3.05, 3.63) is 148 Å². The van der Waals surface area contributed by atoms with Crippen LogP contribution in [0.2, 0.25) is 0 Å². The number of para-hydroxylation sites is 2. The standard InChI is InChI=1S/C37H32N2O2/c1-36(2)26-18-10-12-20-28(26)39-35(36)31(23-14-6-4-7-15-23)32-33(40)25(34(32)41)22-30-37(3,24-16-8-5-9-17-24)27-19-11-13-21-29(27)38-30/h4-21,30,38,40H,22H2,1-3H3/b32-31-. The molecule has 0 fully saturated rings. The van der Waals surface area contributed by atoms with Crippen LogP contribution in [0.1, 0.15) is 49.4 Å². The normalized spacial score (nSPS) is 23.3. The predicted octanol–water partition coefficient (Wildman–Crippen LogP) is 8.09. The zero-order valence-corrected chi connectivity index (χ0v) is 23.5. The lowest BCUT2D eigenvalue weighted by Crippen LogP contribution is -2.40. The van der Waals surface area contributed by atoms with E-state index < -0.39 is 5.41 Å². The molecule has 1 aliphatic carbocycles. The van der Waals surface area contributed by atoms with Crippen LogP contribution in [0.3, 0.4) is 0 Å². The molecule has 4 nitrogen and oxygen atoms in total. The lowest BCUT2D eigenvalue weighted by Gasteiger charge is -2.35. The van der Waals surface area contributed by atoms with E-state index in [0.29, 0.717) is 23.1 Å². The second-order valence-electron chi connectivity index (χ2n) is 11.9. The van der Waals surface area contributed by atoms with Crippen molar-refractivity contribution in [2.45, 2.75) is 44.1 Å². The van der Waals surface area contributed by atoms with Crippen LogP contribution in [0.5, 0.6) is 0 Å². The zero-order valence-electron chi connectivity index (χ0n) is 23.5. The molecular formula is C37H32N2O2. The summed E-state index contributed by atoms with van der Waals surface area (Å²) in [6, 6.07) is 36.6. The first-order valence-electron chi connectivity index (χ1n) is 14.2. The number of carbonyl (C=O) groups excluding carboxylic acids is 1. The number of aliphatic imine (C=N–C) groups is 1. The molecule has 0 radical (unpaired) electrons. The third-order valence-corrected chi connectivity index (χ3v) is 9.27. The van der Waals surface area contributed by atoms with Crippen LogP contribution in [0.15, 0.2) is 131 Å². The summed E-state index contributed by atoms with van der Waals surface area (Å²) in [4.78, 5) is 19.1. The fourth-order valence-electron chi connectivity index (χ4n) is 6.92. The molecular weight excluding hydrogens is 504 g/mol. The summed E-state index contributed by atoms with van der Waals surface area (Å²) < 4.78 is 0. The molecule has 0 aromatic heterocycles. The number of carbonyl (C=O) groups is 1. The monoisotopic (exact) mass is 536 g/mol. The number of aliphatic hydroxyl groups is 1. The minimum absolute atomic E-state index is 0.0801. The summed E-state index contributed by atoms with van der Waals surface area (Å²) >= 11 is 0. The predicted molar refractivity (Wildman–Crippen MR) is 166 cm³/mol. The number of Topliss-reactive ketones (excluding diaryl/α,β-unsaturated/α-hetero) is 1. The summed E-state index contributed by atoms with van der Waals surface area (Å²) in [6.07, 6.45) is 0.409. The molecule has 2 N–H and O–H groups in total. The van der Waals surface area contributed by atoms with Gasteiger partial charge in [0.25, 0.3) is 0 Å². The Labute approximate surface area is 240 Å². The Morgan fingerprint density at radius 2 is 1.41 bits per heavy atom. The zero-order chi connectivity index (χ0) is 28.4. The third kappa shape index (κ3) is 3.67. The highest BCUT2D eigenvalue weighted by atomic mass is 16.3. The molecule has 7 rings (SSSR count). The first-order valence-corrected chi connectivity index (χ1v) is 14.2. The second-order valence-corrected chi connectivity index (χ2v) is 11.9. The van der Waals surface area contributed by atoms with Gasteiger partial charge in [-0.15, -0.1) is 0 Å². The molecule has 0 bridgehead atoms. The van der Waals surface area contributed by atoms with Crippen LogP contribution in [-0.2, 0) is 15.6 Å². The summed E-state index contributed by atoms with van der Waals surface area (Å²) in [5.74, 6) is -0.0274. The van der Waals surface area contributed by atoms with Gasteiger partial charge in [0.15, 0.2) is 5.78 Å². The summed E-state index contributed by atoms with van der Waals surface area (Å²) in [5, 5.41) is 15.3. The highest BCUT2D eigenvalue weighted by Gasteiger charge is 2.49. The molecule has 0 amide bonds. The molecule has 202 valence electrons. The van der Waals surface area contributed by atoms with E-state index in [2.05, 4.69) is 74.6 Å². The van der Waals surface area contributed by atoms with Crippen molar-refractivity contribution in [2.75, 3.05) is 5.32 Å². The van der Waals surface area contributed by atoms with Gasteiger partial charge in [-0.2, -0.15) is 0 Å². The van der Waals surface area contributed by atoms with Crippen molar-refractivity contribution in [2.24, 2.45) is 4.99 Å². The van der Waals surface area contributed by atoms with E-state index in [1.54, 1.807) is 0 Å². The van der Waals surface area contributed by atoms with E-state index in [0.717, 1.165) is 28.2 Å². The molecule has 2 aliphatic heterocycles. The van der Waals surface area contributed by atoms with Gasteiger partial charge in [-0.25, -0.2) is 0 Å². The molecule has 2 atom stereocenters. The fraction of sp³-hybridized carbons (Fsp3) is 0.189. The Kier molecular flexibility index (Phi) is 5.65. The molecule has 0 saturated carbocycles. The number of rotatable bonds is 5. The Balaban J connectivity index is 1.34. The van der Waals surface area contributed by atoms with Gasteiger partial charge in [-0.05, 0) is 41.3 Å². The summed E-state index contributed by atoms with van der Waals surface area (Å²) in [5.41, 5.74) is 7.90. The number of fused-ring (bicyclic) bond motifs is 2. The van der Waals surface area contributed by atoms with E-state index in [1.165, 1.54) is 11.1 Å². The molecule has 0 saturated heterocycles. The number of hydrogen-bond donors (Lipinski definition) is 2. The van der Waals surface area contributed by atoms with Gasteiger partial charge in [0.05, 0.1) is 17.0 Å². The maximum absolute atomic E-state index is 14.1. The Morgan fingerprint density at radius 1 is 0.805 bits per heavy atom. The first-order chi connectivity index (χ1) is 19.8. The van der Waals surface area contributed by atoms with Crippen LogP contribution < -0.4 is 5.32 Å². The number of nitrogens with zero attached hydrogens (tertiary/aromatic N) is 1. The van der Waals surface area contributed by atoms with E-state index in [1.807, 2.05) is 60.7 Å². The van der Waals surface area contributed by atoms with Crippen LogP contribution in [0, 0.1) is 0 Å². The largest absolute Gasteiger partial charge is 0.507 e. The lowest BCUT2D eigenvalue weighted by molar-refractivity contribution is -0.114. The van der Waals surface area contributed by atoms with Crippen LogP contribution in [-0.4, -0.2) is 22.6 Å². The Hall–Kier alpha value is -4.70. The highest BCUT2D eigenvalue weighted by molar-refractivity contribution is 6.39. The SMILES string of the molecule is CC1(C)C(/C(=C2\C(=O)C(CC3Nc4ccccc4C3(C)c3ccccc3)=C2O)c2ccccc2)=Nc2ccccc21. The van der Waals surface area contributed by atoms with Gasteiger partial charge in [-0.1, -0.05) is 111 Å². The third-order valence-electron chi connectivity index (χ3n) is 9.27. The number of nitrogens with one attached hydrogen (secondary N) is 1. The molecule has 4 aromatic carbocycles. The maximum atomic E-state index is 14.1. The first kappa shape index (κ1) is 25.3. The van der Waals surface area contributed by atoms with Crippen molar-refractivity contribution < 1.29 is 9.90 Å². The number of anilines is 1. The van der Waals surface area contributed by atoms with E-state index in [4.69, 9.17) is 4.99 Å². The van der Waals surface area contributed by atoms with Crippen LogP contribution in [0.25, 0.3) is 5.57 Å². The van der Waals surface area contributed by atoms with Crippen LogP contribution in [0.4, 0.5) is 11.4 Å². The molecule has 4 aromatic rings. The quantitative estimate of drug-likeness (QED) is 0.253. The summed E-state index contributed by atoms with van der Waals surface area (Å²) in [6.45, 7) is 6.50. The molecule has 4 heteroatoms. The lowest BCUT2D eigenvalue weighted by atomic mass is 9.68. The number of benzene rings is 4. The van der Waals surface area contributed by atoms with E-state index >= 15 is 0 Å².